The number of aromatic nitrogens is 10. The zero-order valence-corrected chi connectivity index (χ0v) is 53.3. The number of fused-ring (bicyclic) bond motifs is 2. The third-order valence-electron chi connectivity index (χ3n) is 17.2. The fourth-order valence-electron chi connectivity index (χ4n) is 12.1. The van der Waals surface area contributed by atoms with Crippen LogP contribution in [0.15, 0.2) is 95.7 Å². The molecule has 81 heavy (non-hydrogen) atoms. The van der Waals surface area contributed by atoms with E-state index in [2.05, 4.69) is 119 Å². The van der Waals surface area contributed by atoms with Crippen LogP contribution in [-0.4, -0.2) is 128 Å². The van der Waals surface area contributed by atoms with Crippen molar-refractivity contribution >= 4 is 60.7 Å². The summed E-state index contributed by atoms with van der Waals surface area (Å²) in [6.45, 7) is 16.4. The summed E-state index contributed by atoms with van der Waals surface area (Å²) in [5, 5.41) is 12.1. The predicted molar refractivity (Wildman–Crippen MR) is 325 cm³/mol. The van der Waals surface area contributed by atoms with Crippen molar-refractivity contribution in [3.8, 4) is 34.4 Å². The van der Waals surface area contributed by atoms with Crippen LogP contribution in [-0.2, 0) is 25.4 Å². The van der Waals surface area contributed by atoms with Gasteiger partial charge in [0.15, 0.2) is 0 Å². The number of aliphatic imine (C=N–C) groups is 1. The Balaban J connectivity index is 0.000000141. The van der Waals surface area contributed by atoms with Crippen LogP contribution in [0.25, 0.3) is 33.5 Å². The number of piperidine rings is 2. The van der Waals surface area contributed by atoms with E-state index in [1.807, 2.05) is 57.0 Å². The van der Waals surface area contributed by atoms with E-state index in [1.54, 1.807) is 39.7 Å². The summed E-state index contributed by atoms with van der Waals surface area (Å²) >= 11 is 1.35. The molecule has 0 bridgehead atoms. The van der Waals surface area contributed by atoms with E-state index in [9.17, 15) is 4.79 Å². The first kappa shape index (κ1) is 58.5. The Morgan fingerprint density at radius 1 is 0.753 bits per heavy atom. The Morgan fingerprint density at radius 3 is 2.05 bits per heavy atom. The SMILES string of the molecule is CC(C)(C)OC(=O)N1CCC2(CC2)[C@@H](Oc2cncc(C3=NCc4ccc(Br)cc43)n2)C1.CCC[CH2][Sn]([CH2]CCC)([CH2]CCC)[c]1cncn1C.Cn1cncc1-c1ccc2[nH]nc(-c3cncc(O[C@H]4CNCCC45CC5)n3)c2c1. The normalized spacial score (nSPS) is 18.6. The van der Waals surface area contributed by atoms with Gasteiger partial charge in [-0.2, -0.15) is 5.10 Å². The molecule has 3 aliphatic heterocycles. The molecular formula is C62H82BrN13O4Sn. The summed E-state index contributed by atoms with van der Waals surface area (Å²) in [6.07, 6.45) is 29.5. The minimum absolute atomic E-state index is 0.124. The zero-order chi connectivity index (χ0) is 56.8. The Morgan fingerprint density at radius 2 is 1.41 bits per heavy atom. The van der Waals surface area contributed by atoms with Gasteiger partial charge in [-0.05, 0) is 95.7 Å². The number of nitrogens with zero attached hydrogens (tertiary/aromatic N) is 11. The van der Waals surface area contributed by atoms with Gasteiger partial charge in [0.05, 0.1) is 67.3 Å². The number of carbonyl (C=O) groups excluding carboxylic acids is 1. The van der Waals surface area contributed by atoms with Crippen LogP contribution in [0.3, 0.4) is 0 Å². The van der Waals surface area contributed by atoms with Crippen LogP contribution in [0.5, 0.6) is 11.8 Å². The third-order valence-corrected chi connectivity index (χ3v) is 33.4. The Labute approximate surface area is 490 Å². The van der Waals surface area contributed by atoms with E-state index in [4.69, 9.17) is 24.2 Å². The fourth-order valence-corrected chi connectivity index (χ4v) is 28.9. The van der Waals surface area contributed by atoms with Crippen LogP contribution < -0.4 is 18.5 Å². The zero-order valence-electron chi connectivity index (χ0n) is 48.8. The third kappa shape index (κ3) is 13.7. The van der Waals surface area contributed by atoms with Gasteiger partial charge in [0.1, 0.15) is 34.9 Å². The van der Waals surface area contributed by atoms with Crippen LogP contribution in [0.1, 0.15) is 135 Å². The molecule has 12 rings (SSSR count). The second-order valence-corrected chi connectivity index (χ2v) is 38.2. The monoisotopic (exact) mass is 1270 g/mol. The van der Waals surface area contributed by atoms with Crippen molar-refractivity contribution in [3.05, 3.63) is 108 Å². The first-order valence-electron chi connectivity index (χ1n) is 29.6. The van der Waals surface area contributed by atoms with Crippen molar-refractivity contribution in [2.45, 2.75) is 156 Å². The molecule has 1 amide bonds. The summed E-state index contributed by atoms with van der Waals surface area (Å²) in [5.41, 5.74) is 8.27. The van der Waals surface area contributed by atoms with Crippen LogP contribution in [0, 0.1) is 10.8 Å². The van der Waals surface area contributed by atoms with E-state index in [-0.39, 0.29) is 23.7 Å². The molecule has 0 radical (unpaired) electrons. The quantitative estimate of drug-likeness (QED) is 0.0823. The number of H-pyrrole nitrogens is 1. The van der Waals surface area contributed by atoms with Gasteiger partial charge in [-0.15, -0.1) is 0 Å². The molecule has 7 aromatic rings. The summed E-state index contributed by atoms with van der Waals surface area (Å²) in [4.78, 5) is 46.0. The number of aromatic amines is 1. The number of ether oxygens (including phenoxy) is 3. The molecule has 2 aromatic carbocycles. The number of aryl methyl sites for hydroxylation is 2. The number of hydrogen-bond acceptors (Lipinski definition) is 13. The largest absolute Gasteiger partial charge is 0.471 e. The molecule has 2 saturated carbocycles. The average Bonchev–Trinajstić information content (AvgIpc) is 4.24. The van der Waals surface area contributed by atoms with E-state index in [1.165, 1.54) is 76.7 Å². The number of hydrogen-bond donors (Lipinski definition) is 2. The average molecular weight is 1270 g/mol. The summed E-state index contributed by atoms with van der Waals surface area (Å²) in [6, 6.07) is 12.4. The van der Waals surface area contributed by atoms with E-state index < -0.39 is 24.0 Å². The number of benzene rings is 2. The van der Waals surface area contributed by atoms with Crippen molar-refractivity contribution in [2.75, 3.05) is 26.2 Å². The molecule has 19 heteroatoms. The number of amides is 1. The van der Waals surface area contributed by atoms with Gasteiger partial charge < -0.3 is 29.0 Å². The smallest absolute Gasteiger partial charge is 0.233 e. The number of unbranched alkanes of at least 4 members (excludes halogenated alkanes) is 3. The molecule has 430 valence electrons. The van der Waals surface area contributed by atoms with Crippen molar-refractivity contribution in [1.82, 2.24) is 59.5 Å². The molecule has 2 atom stereocenters. The standard InChI is InChI=1S/C24H27BrN4O3.C22H23N7O.C4H5N2.3C4H9.Sn/c1-23(2,3)32-22(30)29-9-8-24(6-7-24)19(14-29)31-20-13-26-12-18(28-20)21-17-10-16(25)5-4-15(17)11-27-21;1-29-13-25-10-18(29)14-2-3-16-15(8-14)21(28-27-16)17-9-24-12-20(26-17)30-19-11-23-7-6-22(19)4-5-22;1-6-3-2-5-4-6;3*1-3-4-2;/h4-5,10,12-13,19H,6-9,11,14H2,1-3H3;2-3,8-10,12-13,19,23H,4-7,11H2,1H3,(H,27,28);2,4H,1H3;3*1,3-4H2,2H3;/t2*19-;;;;;/m00...../s1. The van der Waals surface area contributed by atoms with Crippen molar-refractivity contribution in [1.29, 1.82) is 0 Å². The second kappa shape index (κ2) is 25.4. The van der Waals surface area contributed by atoms with Crippen LogP contribution in [0.2, 0.25) is 13.3 Å². The maximum absolute atomic E-state index is 12.6. The molecule has 5 aromatic heterocycles. The maximum atomic E-state index is 12.6. The van der Waals surface area contributed by atoms with Gasteiger partial charge in [0, 0.05) is 52.0 Å². The topological polar surface area (TPSA) is 188 Å². The second-order valence-electron chi connectivity index (χ2n) is 24.2. The number of likely N-dealkylation sites (tertiary alicyclic amines) is 1. The Bertz CT molecular complexity index is 3280. The first-order chi connectivity index (χ1) is 39.1. The number of carbonyl (C=O) groups is 1. The van der Waals surface area contributed by atoms with Gasteiger partial charge in [0.2, 0.25) is 11.8 Å². The van der Waals surface area contributed by atoms with Gasteiger partial charge in [-0.3, -0.25) is 20.1 Å². The van der Waals surface area contributed by atoms with Crippen molar-refractivity contribution in [3.63, 3.8) is 0 Å². The Hall–Kier alpha value is -5.73. The van der Waals surface area contributed by atoms with Crippen LogP contribution in [0.4, 0.5) is 4.79 Å². The predicted octanol–water partition coefficient (Wildman–Crippen LogP) is 12.2. The van der Waals surface area contributed by atoms with Gasteiger partial charge >= 0.3 is 130 Å². The molecular weight excluding hydrogens is 1190 g/mol. The molecule has 0 unspecified atom stereocenters. The molecule has 4 fully saturated rings. The Kier molecular flexibility index (Phi) is 18.3. The van der Waals surface area contributed by atoms with E-state index >= 15 is 0 Å². The molecule has 2 saturated heterocycles. The van der Waals surface area contributed by atoms with Gasteiger partial charge in [-0.25, -0.2) is 19.7 Å². The van der Waals surface area contributed by atoms with E-state index in [0.29, 0.717) is 48.2 Å². The summed E-state index contributed by atoms with van der Waals surface area (Å²) in [7, 11) is 4.19. The first-order valence-corrected chi connectivity index (χ1v) is 37.8. The molecule has 17 nitrogen and oxygen atoms in total. The van der Waals surface area contributed by atoms with Gasteiger partial charge in [-0.1, -0.05) is 28.1 Å². The molecule has 5 aliphatic rings. The van der Waals surface area contributed by atoms with Crippen molar-refractivity contribution in [2.24, 2.45) is 29.9 Å². The molecule has 2 aliphatic carbocycles. The number of nitrogens with one attached hydrogen (secondary N) is 2. The number of rotatable bonds is 17. The minimum Gasteiger partial charge on any atom is -0.471 e. The number of halogens is 1. The van der Waals surface area contributed by atoms with Crippen molar-refractivity contribution < 1.29 is 19.0 Å². The molecule has 2 N–H and O–H groups in total. The van der Waals surface area contributed by atoms with E-state index in [0.717, 1.165) is 76.0 Å². The minimum atomic E-state index is -2.19. The summed E-state index contributed by atoms with van der Waals surface area (Å²) < 4.78 is 29.9. The number of imidazole rings is 2. The maximum Gasteiger partial charge on any atom is 0.233 e. The fraction of sp³-hybridized carbons (Fsp3) is 0.532. The van der Waals surface area contributed by atoms with Crippen LogP contribution >= 0.6 is 15.9 Å². The molecule has 8 heterocycles. The summed E-state index contributed by atoms with van der Waals surface area (Å²) in [5.74, 6) is 1.03. The van der Waals surface area contributed by atoms with Gasteiger partial charge in [0.25, 0.3) is 0 Å². The molecule has 2 spiro atoms.